The lowest BCUT2D eigenvalue weighted by molar-refractivity contribution is 0.0708. The lowest BCUT2D eigenvalue weighted by Gasteiger charge is -2.32. The summed E-state index contributed by atoms with van der Waals surface area (Å²) < 4.78 is 33.4. The fourth-order valence-corrected chi connectivity index (χ4v) is 6.18. The molecule has 0 spiro atoms. The first-order chi connectivity index (χ1) is 21.1. The molecule has 1 atom stereocenters. The zero-order chi connectivity index (χ0) is 31.5. The quantitative estimate of drug-likeness (QED) is 0.217. The number of pyridine rings is 1. The predicted octanol–water partition coefficient (Wildman–Crippen LogP) is 7.47. The molecule has 1 N–H and O–H groups in total. The third-order valence-electron chi connectivity index (χ3n) is 7.21. The van der Waals surface area contributed by atoms with Gasteiger partial charge in [-0.3, -0.25) is 14.2 Å². The standard InChI is InChI=1S/C33H33ClF2N4O3S/c1-5-43-23-10-11-26(34)29(15-23)40-28(14-19(2)3)24(32(41)39-13-12-37-20(4)17-39)16-25(33(40)42)31-38-27(18-44-31)21-6-8-22(9-7-21)30(35)36/h6-11,14-16,18,20,30,37H,5,12-13,17H2,1-4H3/t20-/m1/s1. The molecule has 1 amide bonds. The van der Waals surface area contributed by atoms with Gasteiger partial charge in [0.15, 0.2) is 0 Å². The Morgan fingerprint density at radius 3 is 2.61 bits per heavy atom. The molecule has 44 heavy (non-hydrogen) atoms. The van der Waals surface area contributed by atoms with Gasteiger partial charge in [0.2, 0.25) is 0 Å². The summed E-state index contributed by atoms with van der Waals surface area (Å²) in [7, 11) is 0. The lowest BCUT2D eigenvalue weighted by atomic mass is 10.0. The number of nitrogens with one attached hydrogen (secondary N) is 1. The minimum absolute atomic E-state index is 0.0847. The molecular weight excluding hydrogens is 606 g/mol. The van der Waals surface area contributed by atoms with Crippen molar-refractivity contribution in [2.75, 3.05) is 26.2 Å². The van der Waals surface area contributed by atoms with E-state index < -0.39 is 12.0 Å². The average Bonchev–Trinajstić information content (AvgIpc) is 3.48. The van der Waals surface area contributed by atoms with E-state index in [1.54, 1.807) is 46.7 Å². The number of halogens is 3. The number of allylic oxidation sites excluding steroid dienone is 1. The Balaban J connectivity index is 1.75. The molecule has 1 aliphatic heterocycles. The summed E-state index contributed by atoms with van der Waals surface area (Å²) in [6.45, 7) is 9.78. The molecule has 230 valence electrons. The van der Waals surface area contributed by atoms with Crippen molar-refractivity contribution in [3.05, 3.63) is 91.7 Å². The number of benzene rings is 2. The van der Waals surface area contributed by atoms with Gasteiger partial charge < -0.3 is 15.0 Å². The summed E-state index contributed by atoms with van der Waals surface area (Å²) >= 11 is 7.96. The van der Waals surface area contributed by atoms with E-state index in [1.807, 2.05) is 33.8 Å². The molecule has 3 heterocycles. The fourth-order valence-electron chi connectivity index (χ4n) is 5.15. The number of hydrogen-bond acceptors (Lipinski definition) is 6. The van der Waals surface area contributed by atoms with Gasteiger partial charge in [0, 0.05) is 48.2 Å². The van der Waals surface area contributed by atoms with Crippen LogP contribution in [0.4, 0.5) is 8.78 Å². The van der Waals surface area contributed by atoms with E-state index in [1.165, 1.54) is 28.0 Å². The van der Waals surface area contributed by atoms with Crippen LogP contribution in [-0.2, 0) is 0 Å². The van der Waals surface area contributed by atoms with Crippen LogP contribution >= 0.6 is 22.9 Å². The van der Waals surface area contributed by atoms with Gasteiger partial charge in [-0.05, 0) is 52.0 Å². The molecule has 0 aliphatic carbocycles. The number of thiazole rings is 1. The van der Waals surface area contributed by atoms with E-state index in [-0.39, 0.29) is 23.1 Å². The van der Waals surface area contributed by atoms with Gasteiger partial charge in [0.1, 0.15) is 10.8 Å². The third kappa shape index (κ3) is 6.62. The molecule has 0 unspecified atom stereocenters. The Bertz CT molecular complexity index is 1760. The third-order valence-corrected chi connectivity index (χ3v) is 8.41. The van der Waals surface area contributed by atoms with Crippen molar-refractivity contribution >= 4 is 34.9 Å². The summed E-state index contributed by atoms with van der Waals surface area (Å²) in [5, 5.41) is 5.83. The highest BCUT2D eigenvalue weighted by Crippen LogP contribution is 2.33. The Labute approximate surface area is 263 Å². The van der Waals surface area contributed by atoms with Crippen molar-refractivity contribution < 1.29 is 18.3 Å². The lowest BCUT2D eigenvalue weighted by Crippen LogP contribution is -2.51. The SMILES string of the molecule is CCOc1ccc(Cl)c(-n2c(C=C(C)C)c(C(=O)N3CCN[C@H](C)C3)cc(-c3nc(-c4ccc(C(F)F)cc4)cs3)c2=O)c1. The van der Waals surface area contributed by atoms with E-state index >= 15 is 0 Å². The Kier molecular flexibility index (Phi) is 9.62. The largest absolute Gasteiger partial charge is 0.494 e. The van der Waals surface area contributed by atoms with E-state index in [4.69, 9.17) is 21.3 Å². The highest BCUT2D eigenvalue weighted by Gasteiger charge is 2.28. The molecule has 2 aromatic carbocycles. The number of aromatic nitrogens is 2. The van der Waals surface area contributed by atoms with Gasteiger partial charge in [-0.15, -0.1) is 11.3 Å². The van der Waals surface area contributed by atoms with Crippen LogP contribution in [0.15, 0.2) is 64.3 Å². The molecule has 11 heteroatoms. The maximum Gasteiger partial charge on any atom is 0.265 e. The number of amides is 1. The van der Waals surface area contributed by atoms with Gasteiger partial charge in [-0.1, -0.05) is 41.4 Å². The molecule has 0 saturated carbocycles. The second-order valence-electron chi connectivity index (χ2n) is 10.8. The number of ether oxygens (including phenoxy) is 1. The number of piperazine rings is 1. The summed E-state index contributed by atoms with van der Waals surface area (Å²) in [6.07, 6.45) is -0.763. The molecule has 7 nitrogen and oxygen atoms in total. The van der Waals surface area contributed by atoms with Crippen LogP contribution in [0.2, 0.25) is 5.02 Å². The maximum absolute atomic E-state index is 14.4. The summed E-state index contributed by atoms with van der Waals surface area (Å²) in [4.78, 5) is 35.2. The number of carbonyl (C=O) groups excluding carboxylic acids is 1. The molecular formula is C33H33ClF2N4O3S. The minimum Gasteiger partial charge on any atom is -0.494 e. The second-order valence-corrected chi connectivity index (χ2v) is 12.1. The van der Waals surface area contributed by atoms with Gasteiger partial charge >= 0.3 is 0 Å². The van der Waals surface area contributed by atoms with Gasteiger partial charge in [-0.2, -0.15) is 0 Å². The van der Waals surface area contributed by atoms with Gasteiger partial charge in [0.25, 0.3) is 17.9 Å². The van der Waals surface area contributed by atoms with Crippen molar-refractivity contribution in [1.82, 2.24) is 19.8 Å². The normalized spacial score (nSPS) is 15.0. The van der Waals surface area contributed by atoms with Crippen molar-refractivity contribution in [1.29, 1.82) is 0 Å². The van der Waals surface area contributed by atoms with Gasteiger partial charge in [-0.25, -0.2) is 13.8 Å². The number of rotatable bonds is 8. The van der Waals surface area contributed by atoms with Crippen molar-refractivity contribution in [3.8, 4) is 33.3 Å². The predicted molar refractivity (Wildman–Crippen MR) is 172 cm³/mol. The van der Waals surface area contributed by atoms with Crippen molar-refractivity contribution in [2.45, 2.75) is 40.2 Å². The minimum atomic E-state index is -2.57. The number of carbonyl (C=O) groups is 1. The monoisotopic (exact) mass is 638 g/mol. The van der Waals surface area contributed by atoms with Crippen LogP contribution in [0.25, 0.3) is 33.6 Å². The Morgan fingerprint density at radius 2 is 1.95 bits per heavy atom. The fraction of sp³-hybridized carbons (Fsp3) is 0.303. The first-order valence-electron chi connectivity index (χ1n) is 14.3. The van der Waals surface area contributed by atoms with Crippen molar-refractivity contribution in [3.63, 3.8) is 0 Å². The van der Waals surface area contributed by atoms with E-state index in [9.17, 15) is 18.4 Å². The highest BCUT2D eigenvalue weighted by molar-refractivity contribution is 7.13. The Morgan fingerprint density at radius 1 is 1.20 bits per heavy atom. The van der Waals surface area contributed by atoms with Crippen LogP contribution in [0, 0.1) is 0 Å². The molecule has 1 fully saturated rings. The van der Waals surface area contributed by atoms with Crippen LogP contribution in [0.1, 0.15) is 55.7 Å². The summed E-state index contributed by atoms with van der Waals surface area (Å²) in [5.74, 6) is 0.317. The second kappa shape index (κ2) is 13.4. The smallest absolute Gasteiger partial charge is 0.265 e. The van der Waals surface area contributed by atoms with E-state index in [0.29, 0.717) is 70.2 Å². The Hall–Kier alpha value is -3.86. The topological polar surface area (TPSA) is 76.5 Å². The first kappa shape index (κ1) is 31.6. The molecule has 2 aromatic heterocycles. The van der Waals surface area contributed by atoms with E-state index in [0.717, 1.165) is 5.57 Å². The zero-order valence-electron chi connectivity index (χ0n) is 24.9. The maximum atomic E-state index is 14.4. The average molecular weight is 639 g/mol. The summed E-state index contributed by atoms with van der Waals surface area (Å²) in [6, 6.07) is 12.7. The van der Waals surface area contributed by atoms with Gasteiger partial charge in [0.05, 0.1) is 39.8 Å². The number of nitrogens with zero attached hydrogens (tertiary/aromatic N) is 3. The molecule has 0 radical (unpaired) electrons. The van der Waals surface area contributed by atoms with Crippen LogP contribution in [0.3, 0.4) is 0 Å². The molecule has 4 aromatic rings. The number of hydrogen-bond donors (Lipinski definition) is 1. The van der Waals surface area contributed by atoms with Crippen LogP contribution in [0.5, 0.6) is 5.75 Å². The zero-order valence-corrected chi connectivity index (χ0v) is 26.4. The molecule has 5 rings (SSSR count). The molecule has 1 saturated heterocycles. The van der Waals surface area contributed by atoms with Crippen LogP contribution < -0.4 is 15.6 Å². The first-order valence-corrected chi connectivity index (χ1v) is 15.6. The van der Waals surface area contributed by atoms with E-state index in [2.05, 4.69) is 5.32 Å². The summed E-state index contributed by atoms with van der Waals surface area (Å²) in [5.41, 5.74) is 2.90. The molecule has 1 aliphatic rings. The van der Waals surface area contributed by atoms with Crippen LogP contribution in [-0.4, -0.2) is 52.6 Å². The highest BCUT2D eigenvalue weighted by atomic mass is 35.5. The number of alkyl halides is 2. The molecule has 0 bridgehead atoms. The van der Waals surface area contributed by atoms with Crippen molar-refractivity contribution in [2.24, 2.45) is 0 Å².